The largest absolute Gasteiger partial charge is 0.473 e. The number of amides is 2. The molecular weight excluding hydrogens is 424 g/mol. The molecule has 146 valence electrons. The highest BCUT2D eigenvalue weighted by atomic mass is 79.9. The monoisotopic (exact) mass is 444 g/mol. The lowest BCUT2D eigenvalue weighted by molar-refractivity contribution is -0.137. The highest BCUT2D eigenvalue weighted by Gasteiger charge is 2.38. The van der Waals surface area contributed by atoms with Crippen LogP contribution in [-0.2, 0) is 9.59 Å². The number of anilines is 1. The van der Waals surface area contributed by atoms with Crippen LogP contribution in [0.1, 0.15) is 19.3 Å². The van der Waals surface area contributed by atoms with Crippen LogP contribution in [0.3, 0.4) is 0 Å². The molecule has 4 rings (SSSR count). The SMILES string of the molecule is O=C(C1CC(=O)N(c2cccc(Br)c2)C1)N1CCC(Oc2cnccn2)CC1. The number of rotatable bonds is 4. The molecule has 1 unspecified atom stereocenters. The number of halogens is 1. The number of ether oxygens (including phenoxy) is 1. The van der Waals surface area contributed by atoms with Gasteiger partial charge in [0.25, 0.3) is 0 Å². The number of piperidine rings is 1. The van der Waals surface area contributed by atoms with E-state index in [4.69, 9.17) is 4.74 Å². The van der Waals surface area contributed by atoms with Crippen LogP contribution in [0.15, 0.2) is 47.3 Å². The number of carbonyl (C=O) groups is 2. The van der Waals surface area contributed by atoms with E-state index in [0.29, 0.717) is 25.5 Å². The van der Waals surface area contributed by atoms with E-state index in [1.165, 1.54) is 0 Å². The lowest BCUT2D eigenvalue weighted by Gasteiger charge is -2.33. The minimum absolute atomic E-state index is 0.00248. The molecule has 2 amide bonds. The summed E-state index contributed by atoms with van der Waals surface area (Å²) in [7, 11) is 0. The van der Waals surface area contributed by atoms with Crippen molar-refractivity contribution in [2.24, 2.45) is 5.92 Å². The second-order valence-electron chi connectivity index (χ2n) is 7.07. The Labute approximate surface area is 171 Å². The fourth-order valence-corrected chi connectivity index (χ4v) is 4.12. The van der Waals surface area contributed by atoms with Crippen molar-refractivity contribution in [3.05, 3.63) is 47.3 Å². The summed E-state index contributed by atoms with van der Waals surface area (Å²) >= 11 is 3.43. The maximum atomic E-state index is 12.9. The van der Waals surface area contributed by atoms with E-state index >= 15 is 0 Å². The fraction of sp³-hybridized carbons (Fsp3) is 0.400. The van der Waals surface area contributed by atoms with Gasteiger partial charge in [-0.15, -0.1) is 0 Å². The molecular formula is C20H21BrN4O3. The van der Waals surface area contributed by atoms with Gasteiger partial charge >= 0.3 is 0 Å². The molecule has 0 radical (unpaired) electrons. The van der Waals surface area contributed by atoms with Gasteiger partial charge in [-0.3, -0.25) is 14.6 Å². The molecule has 0 bridgehead atoms. The smallest absolute Gasteiger partial charge is 0.232 e. The molecule has 3 heterocycles. The fourth-order valence-electron chi connectivity index (χ4n) is 3.74. The maximum Gasteiger partial charge on any atom is 0.232 e. The second kappa shape index (κ2) is 8.26. The third-order valence-corrected chi connectivity index (χ3v) is 5.67. The van der Waals surface area contributed by atoms with Gasteiger partial charge in [-0.25, -0.2) is 4.98 Å². The Morgan fingerprint density at radius 3 is 2.75 bits per heavy atom. The van der Waals surface area contributed by atoms with Gasteiger partial charge in [0.2, 0.25) is 17.7 Å². The topological polar surface area (TPSA) is 75.6 Å². The molecule has 7 nitrogen and oxygen atoms in total. The normalized spacial score (nSPS) is 20.5. The van der Waals surface area contributed by atoms with Crippen molar-refractivity contribution >= 4 is 33.4 Å². The predicted octanol–water partition coefficient (Wildman–Crippen LogP) is 2.66. The van der Waals surface area contributed by atoms with Crippen molar-refractivity contribution in [1.29, 1.82) is 0 Å². The Hall–Kier alpha value is -2.48. The van der Waals surface area contributed by atoms with E-state index in [-0.39, 0.29) is 30.3 Å². The van der Waals surface area contributed by atoms with E-state index < -0.39 is 0 Å². The van der Waals surface area contributed by atoms with E-state index in [0.717, 1.165) is 23.0 Å². The first-order chi connectivity index (χ1) is 13.6. The number of aromatic nitrogens is 2. The van der Waals surface area contributed by atoms with E-state index in [9.17, 15) is 9.59 Å². The molecule has 1 aromatic heterocycles. The molecule has 2 fully saturated rings. The Kier molecular flexibility index (Phi) is 5.57. The number of benzene rings is 1. The molecule has 1 aromatic carbocycles. The Bertz CT molecular complexity index is 856. The molecule has 0 spiro atoms. The molecule has 2 aliphatic heterocycles. The zero-order valence-corrected chi connectivity index (χ0v) is 16.9. The summed E-state index contributed by atoms with van der Waals surface area (Å²) in [5.41, 5.74) is 0.825. The summed E-state index contributed by atoms with van der Waals surface area (Å²) in [6.07, 6.45) is 6.59. The molecule has 8 heteroatoms. The summed E-state index contributed by atoms with van der Waals surface area (Å²) < 4.78 is 6.75. The molecule has 28 heavy (non-hydrogen) atoms. The summed E-state index contributed by atoms with van der Waals surface area (Å²) in [6, 6.07) is 7.61. The molecule has 2 aliphatic rings. The molecule has 1 atom stereocenters. The van der Waals surface area contributed by atoms with Crippen molar-refractivity contribution in [2.75, 3.05) is 24.5 Å². The lowest BCUT2D eigenvalue weighted by Crippen LogP contribution is -2.45. The average molecular weight is 445 g/mol. The van der Waals surface area contributed by atoms with Crippen molar-refractivity contribution in [3.63, 3.8) is 0 Å². The van der Waals surface area contributed by atoms with E-state index in [1.54, 1.807) is 23.5 Å². The molecule has 0 saturated carbocycles. The minimum Gasteiger partial charge on any atom is -0.473 e. The first-order valence-corrected chi connectivity index (χ1v) is 10.2. The van der Waals surface area contributed by atoms with Gasteiger partial charge in [0.05, 0.1) is 12.1 Å². The molecule has 2 saturated heterocycles. The predicted molar refractivity (Wildman–Crippen MR) is 107 cm³/mol. The Balaban J connectivity index is 1.32. The van der Waals surface area contributed by atoms with Crippen LogP contribution in [0.2, 0.25) is 0 Å². The second-order valence-corrected chi connectivity index (χ2v) is 7.99. The van der Waals surface area contributed by atoms with Crippen LogP contribution in [0, 0.1) is 5.92 Å². The first-order valence-electron chi connectivity index (χ1n) is 9.37. The standard InChI is InChI=1S/C20H21BrN4O3/c21-15-2-1-3-16(11-15)25-13-14(10-19(25)26)20(27)24-8-4-17(5-9-24)28-18-12-22-6-7-23-18/h1-3,6-7,11-12,14,17H,4-5,8-10,13H2. The summed E-state index contributed by atoms with van der Waals surface area (Å²) in [5.74, 6) is 0.281. The lowest BCUT2D eigenvalue weighted by atomic mass is 10.0. The quantitative estimate of drug-likeness (QED) is 0.724. The first kappa shape index (κ1) is 18.9. The van der Waals surface area contributed by atoms with Crippen LogP contribution < -0.4 is 9.64 Å². The van der Waals surface area contributed by atoms with Crippen LogP contribution in [-0.4, -0.2) is 52.4 Å². The number of likely N-dealkylation sites (tertiary alicyclic amines) is 1. The van der Waals surface area contributed by atoms with Crippen LogP contribution >= 0.6 is 15.9 Å². The van der Waals surface area contributed by atoms with Crippen molar-refractivity contribution in [2.45, 2.75) is 25.4 Å². The van der Waals surface area contributed by atoms with Gasteiger partial charge in [0, 0.05) is 61.5 Å². The van der Waals surface area contributed by atoms with Gasteiger partial charge in [0.1, 0.15) is 6.10 Å². The van der Waals surface area contributed by atoms with Gasteiger partial charge in [-0.2, -0.15) is 0 Å². The maximum absolute atomic E-state index is 12.9. The van der Waals surface area contributed by atoms with Crippen molar-refractivity contribution in [1.82, 2.24) is 14.9 Å². The molecule has 0 aliphatic carbocycles. The number of carbonyl (C=O) groups excluding carboxylic acids is 2. The number of nitrogens with zero attached hydrogens (tertiary/aromatic N) is 4. The third-order valence-electron chi connectivity index (χ3n) is 5.17. The van der Waals surface area contributed by atoms with Crippen LogP contribution in [0.25, 0.3) is 0 Å². The molecule has 2 aromatic rings. The average Bonchev–Trinajstić information content (AvgIpc) is 3.10. The zero-order chi connectivity index (χ0) is 19.5. The van der Waals surface area contributed by atoms with E-state index in [1.807, 2.05) is 29.2 Å². The molecule has 0 N–H and O–H groups in total. The Morgan fingerprint density at radius 2 is 2.04 bits per heavy atom. The zero-order valence-electron chi connectivity index (χ0n) is 15.3. The summed E-state index contributed by atoms with van der Waals surface area (Å²) in [6.45, 7) is 1.70. The van der Waals surface area contributed by atoms with Crippen LogP contribution in [0.5, 0.6) is 5.88 Å². The van der Waals surface area contributed by atoms with Gasteiger partial charge < -0.3 is 14.5 Å². The van der Waals surface area contributed by atoms with E-state index in [2.05, 4.69) is 25.9 Å². The number of hydrogen-bond donors (Lipinski definition) is 0. The Morgan fingerprint density at radius 1 is 1.21 bits per heavy atom. The van der Waals surface area contributed by atoms with Crippen molar-refractivity contribution in [3.8, 4) is 5.88 Å². The van der Waals surface area contributed by atoms with Crippen LogP contribution in [0.4, 0.5) is 5.69 Å². The third kappa shape index (κ3) is 4.16. The highest BCUT2D eigenvalue weighted by Crippen LogP contribution is 2.29. The number of hydrogen-bond acceptors (Lipinski definition) is 5. The van der Waals surface area contributed by atoms with Gasteiger partial charge in [-0.05, 0) is 18.2 Å². The minimum atomic E-state index is -0.288. The summed E-state index contributed by atoms with van der Waals surface area (Å²) in [4.78, 5) is 37.1. The van der Waals surface area contributed by atoms with Gasteiger partial charge in [-0.1, -0.05) is 22.0 Å². The van der Waals surface area contributed by atoms with Crippen molar-refractivity contribution < 1.29 is 14.3 Å². The summed E-state index contributed by atoms with van der Waals surface area (Å²) in [5, 5.41) is 0. The highest BCUT2D eigenvalue weighted by molar-refractivity contribution is 9.10. The van der Waals surface area contributed by atoms with Gasteiger partial charge in [0.15, 0.2) is 0 Å².